The third-order valence-corrected chi connectivity index (χ3v) is 3.85. The molecule has 108 valence electrons. The van der Waals surface area contributed by atoms with Gasteiger partial charge in [-0.3, -0.25) is 4.79 Å². The van der Waals surface area contributed by atoms with Crippen LogP contribution >= 0.6 is 34.8 Å². The predicted molar refractivity (Wildman–Crippen MR) is 87.6 cm³/mol. The van der Waals surface area contributed by atoms with Crippen molar-refractivity contribution in [2.24, 2.45) is 5.10 Å². The maximum atomic E-state index is 12.0. The van der Waals surface area contributed by atoms with Crippen LogP contribution in [0.5, 0.6) is 0 Å². The number of halogens is 3. The molecule has 0 aliphatic carbocycles. The van der Waals surface area contributed by atoms with Gasteiger partial charge in [-0.05, 0) is 36.8 Å². The van der Waals surface area contributed by atoms with E-state index in [0.29, 0.717) is 26.3 Å². The van der Waals surface area contributed by atoms with Gasteiger partial charge in [0.15, 0.2) is 0 Å². The molecule has 0 atom stereocenters. The van der Waals surface area contributed by atoms with Crippen molar-refractivity contribution in [2.45, 2.75) is 6.92 Å². The minimum absolute atomic E-state index is 0.366. The molecule has 0 aliphatic rings. The number of benzene rings is 2. The summed E-state index contributed by atoms with van der Waals surface area (Å²) in [7, 11) is 0. The molecule has 0 unspecified atom stereocenters. The van der Waals surface area contributed by atoms with Gasteiger partial charge < -0.3 is 0 Å². The highest BCUT2D eigenvalue weighted by atomic mass is 35.5. The van der Waals surface area contributed by atoms with E-state index in [1.807, 2.05) is 0 Å². The zero-order valence-electron chi connectivity index (χ0n) is 11.0. The van der Waals surface area contributed by atoms with E-state index in [1.165, 1.54) is 0 Å². The summed E-state index contributed by atoms with van der Waals surface area (Å²) in [5.41, 5.74) is 4.20. The third kappa shape index (κ3) is 3.97. The summed E-state index contributed by atoms with van der Waals surface area (Å²) in [5.74, 6) is -0.375. The second-order valence-corrected chi connectivity index (χ2v) is 5.47. The van der Waals surface area contributed by atoms with Crippen LogP contribution in [0.15, 0.2) is 47.6 Å². The lowest BCUT2D eigenvalue weighted by molar-refractivity contribution is 0.0955. The Morgan fingerprint density at radius 1 is 1.00 bits per heavy atom. The van der Waals surface area contributed by atoms with Gasteiger partial charge >= 0.3 is 0 Å². The Kier molecular flexibility index (Phi) is 5.23. The van der Waals surface area contributed by atoms with Gasteiger partial charge in [0.2, 0.25) is 0 Å². The van der Waals surface area contributed by atoms with Crippen LogP contribution in [0.2, 0.25) is 15.1 Å². The Balaban J connectivity index is 2.15. The van der Waals surface area contributed by atoms with Crippen LogP contribution < -0.4 is 5.43 Å². The Labute approximate surface area is 137 Å². The zero-order chi connectivity index (χ0) is 15.4. The number of rotatable bonds is 3. The van der Waals surface area contributed by atoms with Crippen LogP contribution in [0.3, 0.4) is 0 Å². The number of hydrogen-bond acceptors (Lipinski definition) is 2. The van der Waals surface area contributed by atoms with Crippen molar-refractivity contribution in [2.75, 3.05) is 0 Å². The quantitative estimate of drug-likeness (QED) is 0.632. The molecule has 2 aromatic carbocycles. The topological polar surface area (TPSA) is 41.5 Å². The monoisotopic (exact) mass is 340 g/mol. The second kappa shape index (κ2) is 6.94. The molecule has 21 heavy (non-hydrogen) atoms. The first-order chi connectivity index (χ1) is 9.99. The van der Waals surface area contributed by atoms with Crippen LogP contribution in [0.4, 0.5) is 0 Å². The lowest BCUT2D eigenvalue weighted by atomic mass is 10.1. The lowest BCUT2D eigenvalue weighted by Crippen LogP contribution is -2.19. The number of amides is 1. The fraction of sp³-hybridized carbons (Fsp3) is 0.0667. The van der Waals surface area contributed by atoms with Gasteiger partial charge in [-0.1, -0.05) is 53.0 Å². The molecule has 0 saturated heterocycles. The van der Waals surface area contributed by atoms with E-state index < -0.39 is 0 Å². The molecule has 2 rings (SSSR count). The number of carbonyl (C=O) groups excluding carboxylic acids is 1. The molecule has 0 bridgehead atoms. The molecule has 0 aromatic heterocycles. The lowest BCUT2D eigenvalue weighted by Gasteiger charge is -2.05. The molecular formula is C15H11Cl3N2O. The molecule has 0 fully saturated rings. The van der Waals surface area contributed by atoms with Gasteiger partial charge in [0.1, 0.15) is 0 Å². The van der Waals surface area contributed by atoms with Crippen LogP contribution in [-0.2, 0) is 0 Å². The smallest absolute Gasteiger partial charge is 0.267 e. The number of nitrogens with zero attached hydrogens (tertiary/aromatic N) is 1. The minimum Gasteiger partial charge on any atom is -0.267 e. The van der Waals surface area contributed by atoms with E-state index in [4.69, 9.17) is 34.8 Å². The van der Waals surface area contributed by atoms with E-state index in [-0.39, 0.29) is 5.91 Å². The minimum atomic E-state index is -0.375. The molecule has 3 nitrogen and oxygen atoms in total. The van der Waals surface area contributed by atoms with E-state index in [1.54, 1.807) is 49.4 Å². The standard InChI is InChI=1S/C15H11Cl3N2O/c1-9(10-6-7-13(17)14(18)8-10)19-20-15(21)11-4-2-3-5-12(11)16/h2-8H,1H3,(H,20,21)/b19-9+. The molecule has 0 spiro atoms. The molecule has 6 heteroatoms. The summed E-state index contributed by atoms with van der Waals surface area (Å²) in [6, 6.07) is 11.9. The molecule has 1 N–H and O–H groups in total. The number of hydrazone groups is 1. The van der Waals surface area contributed by atoms with Crippen molar-refractivity contribution in [3.63, 3.8) is 0 Å². The normalized spacial score (nSPS) is 11.3. The van der Waals surface area contributed by atoms with Gasteiger partial charge in [-0.2, -0.15) is 5.10 Å². The molecule has 0 radical (unpaired) electrons. The number of nitrogens with one attached hydrogen (secondary N) is 1. The van der Waals surface area contributed by atoms with Gasteiger partial charge in [-0.25, -0.2) is 5.43 Å². The van der Waals surface area contributed by atoms with Crippen molar-refractivity contribution in [1.29, 1.82) is 0 Å². The summed E-state index contributed by atoms with van der Waals surface area (Å²) >= 11 is 17.7. The first-order valence-corrected chi connectivity index (χ1v) is 7.17. The maximum Gasteiger partial charge on any atom is 0.272 e. The Bertz CT molecular complexity index is 714. The summed E-state index contributed by atoms with van der Waals surface area (Å²) in [6.45, 7) is 1.76. The molecular weight excluding hydrogens is 331 g/mol. The Morgan fingerprint density at radius 2 is 1.71 bits per heavy atom. The van der Waals surface area contributed by atoms with Gasteiger partial charge in [0.25, 0.3) is 5.91 Å². The third-order valence-electron chi connectivity index (χ3n) is 2.78. The van der Waals surface area contributed by atoms with E-state index in [2.05, 4.69) is 10.5 Å². The molecule has 0 heterocycles. The summed E-state index contributed by atoms with van der Waals surface area (Å²) in [4.78, 5) is 12.0. The molecule has 2 aromatic rings. The predicted octanol–water partition coefficient (Wildman–Crippen LogP) is 4.80. The van der Waals surface area contributed by atoms with Crippen molar-refractivity contribution in [3.05, 3.63) is 68.7 Å². The van der Waals surface area contributed by atoms with E-state index in [9.17, 15) is 4.79 Å². The van der Waals surface area contributed by atoms with E-state index in [0.717, 1.165) is 5.56 Å². The molecule has 0 aliphatic heterocycles. The average molecular weight is 342 g/mol. The first-order valence-electron chi connectivity index (χ1n) is 6.03. The Hall–Kier alpha value is -1.55. The van der Waals surface area contributed by atoms with Gasteiger partial charge in [-0.15, -0.1) is 0 Å². The maximum absolute atomic E-state index is 12.0. The largest absolute Gasteiger partial charge is 0.272 e. The SMILES string of the molecule is C/C(=N\NC(=O)c1ccccc1Cl)c1ccc(Cl)c(Cl)c1. The average Bonchev–Trinajstić information content (AvgIpc) is 2.47. The summed E-state index contributed by atoms with van der Waals surface area (Å²) in [6.07, 6.45) is 0. The van der Waals surface area contributed by atoms with Crippen LogP contribution in [0, 0.1) is 0 Å². The summed E-state index contributed by atoms with van der Waals surface area (Å²) in [5, 5.41) is 5.31. The highest BCUT2D eigenvalue weighted by Crippen LogP contribution is 2.22. The Morgan fingerprint density at radius 3 is 2.38 bits per heavy atom. The first kappa shape index (κ1) is 15.8. The van der Waals surface area contributed by atoms with E-state index >= 15 is 0 Å². The molecule has 1 amide bonds. The fourth-order valence-corrected chi connectivity index (χ4v) is 2.15. The molecule has 0 saturated carbocycles. The second-order valence-electron chi connectivity index (χ2n) is 4.25. The van der Waals surface area contributed by atoms with Gasteiger partial charge in [0, 0.05) is 0 Å². The van der Waals surface area contributed by atoms with Crippen LogP contribution in [0.25, 0.3) is 0 Å². The van der Waals surface area contributed by atoms with Crippen LogP contribution in [-0.4, -0.2) is 11.6 Å². The summed E-state index contributed by atoms with van der Waals surface area (Å²) < 4.78 is 0. The van der Waals surface area contributed by atoms with Crippen molar-refractivity contribution >= 4 is 46.4 Å². The zero-order valence-corrected chi connectivity index (χ0v) is 13.3. The highest BCUT2D eigenvalue weighted by Gasteiger charge is 2.09. The highest BCUT2D eigenvalue weighted by molar-refractivity contribution is 6.42. The van der Waals surface area contributed by atoms with Crippen molar-refractivity contribution < 1.29 is 4.79 Å². The van der Waals surface area contributed by atoms with Crippen molar-refractivity contribution in [1.82, 2.24) is 5.43 Å². The van der Waals surface area contributed by atoms with Crippen molar-refractivity contribution in [3.8, 4) is 0 Å². The fourth-order valence-electron chi connectivity index (χ4n) is 1.63. The number of carbonyl (C=O) groups is 1. The van der Waals surface area contributed by atoms with Gasteiger partial charge in [0.05, 0.1) is 26.3 Å². The van der Waals surface area contributed by atoms with Crippen LogP contribution in [0.1, 0.15) is 22.8 Å². The number of hydrogen-bond donors (Lipinski definition) is 1.